The fourth-order valence-corrected chi connectivity index (χ4v) is 4.24. The number of aromatic hydroxyl groups is 1. The number of nitrogen functional groups attached to an aromatic ring is 1. The van der Waals surface area contributed by atoms with Gasteiger partial charge in [0.15, 0.2) is 11.8 Å². The predicted molar refractivity (Wildman–Crippen MR) is 140 cm³/mol. The molecule has 3 aromatic rings. The molecule has 196 valence electrons. The van der Waals surface area contributed by atoms with Crippen LogP contribution in [0, 0.1) is 6.92 Å². The first kappa shape index (κ1) is 30.2. The van der Waals surface area contributed by atoms with E-state index in [0.29, 0.717) is 22.6 Å². The second-order valence-corrected chi connectivity index (χ2v) is 10.1. The SMILES string of the molecule is CC1=NN(c2ccc(N=C([O-])c3ccc(N)c(C)c3)cc2)C(=O)C1N=Nc1cc(S(=O)(=O)O)cc(Cl)c1O.[Na+]. The summed E-state index contributed by atoms with van der Waals surface area (Å²) in [5.41, 5.74) is 8.16. The molecule has 0 saturated heterocycles. The molecular formula is C24H20ClN6NaO6S. The number of benzene rings is 3. The van der Waals surface area contributed by atoms with E-state index in [1.165, 1.54) is 0 Å². The second-order valence-electron chi connectivity index (χ2n) is 8.26. The number of hydrazone groups is 1. The van der Waals surface area contributed by atoms with Crippen molar-refractivity contribution in [1.82, 2.24) is 0 Å². The molecule has 0 spiro atoms. The number of hydrogen-bond donors (Lipinski definition) is 3. The van der Waals surface area contributed by atoms with Crippen molar-refractivity contribution in [2.75, 3.05) is 10.7 Å². The third-order valence-electron chi connectivity index (χ3n) is 5.53. The van der Waals surface area contributed by atoms with E-state index in [1.54, 1.807) is 56.3 Å². The Kier molecular flexibility index (Phi) is 9.16. The van der Waals surface area contributed by atoms with Gasteiger partial charge in [0.2, 0.25) is 0 Å². The number of nitrogens with two attached hydrogens (primary N) is 1. The summed E-state index contributed by atoms with van der Waals surface area (Å²) in [7, 11) is -4.63. The number of phenolic OH excluding ortho intramolecular Hbond substituents is 1. The monoisotopic (exact) mass is 578 g/mol. The van der Waals surface area contributed by atoms with Gasteiger partial charge in [0.1, 0.15) is 5.69 Å². The van der Waals surface area contributed by atoms with Crippen molar-refractivity contribution in [1.29, 1.82) is 0 Å². The number of halogens is 1. The van der Waals surface area contributed by atoms with Gasteiger partial charge in [-0.3, -0.25) is 14.3 Å². The number of anilines is 2. The number of phenols is 1. The molecule has 1 amide bonds. The maximum atomic E-state index is 13.0. The quantitative estimate of drug-likeness (QED) is 0.0945. The summed E-state index contributed by atoms with van der Waals surface area (Å²) in [6.07, 6.45) is 0. The van der Waals surface area contributed by atoms with Gasteiger partial charge in [-0.1, -0.05) is 17.7 Å². The van der Waals surface area contributed by atoms with Gasteiger partial charge in [-0.2, -0.15) is 28.8 Å². The molecule has 12 nitrogen and oxygen atoms in total. The number of amides is 1. The van der Waals surface area contributed by atoms with Crippen LogP contribution in [0.4, 0.5) is 22.7 Å². The minimum absolute atomic E-state index is 0. The largest absolute Gasteiger partial charge is 1.00 e. The number of carbonyl (C=O) groups is 1. The molecule has 1 aliphatic heterocycles. The van der Waals surface area contributed by atoms with Gasteiger partial charge in [-0.05, 0) is 79.4 Å². The topological polar surface area (TPSA) is 193 Å². The molecule has 4 N–H and O–H groups in total. The number of hydrogen-bond acceptors (Lipinski definition) is 10. The Balaban J connectivity index is 0.00000420. The van der Waals surface area contributed by atoms with Crippen molar-refractivity contribution in [3.63, 3.8) is 0 Å². The van der Waals surface area contributed by atoms with Crippen LogP contribution in [0.1, 0.15) is 18.1 Å². The summed E-state index contributed by atoms with van der Waals surface area (Å²) in [6, 6.07) is 11.6. The third-order valence-corrected chi connectivity index (χ3v) is 6.65. The molecule has 0 aliphatic carbocycles. The zero-order chi connectivity index (χ0) is 27.8. The standard InChI is InChI=1S/C24H21ClN6O6S.Na/c1-12-9-14(3-8-19(12)26)23(33)27-15-4-6-16(7-5-15)31-24(34)21(13(2)30-31)29-28-20-11-17(38(35,36)37)10-18(25)22(20)32;/h3-11,21,32H,26H2,1-2H3,(H,27,33)(H,35,36,37);/q;+1/p-1. The van der Waals surface area contributed by atoms with E-state index >= 15 is 0 Å². The number of azo groups is 1. The van der Waals surface area contributed by atoms with Crippen molar-refractivity contribution in [3.8, 4) is 5.75 Å². The first-order valence-corrected chi connectivity index (χ1v) is 12.7. The fraction of sp³-hybridized carbons (Fsp3) is 0.125. The molecule has 0 bridgehead atoms. The summed E-state index contributed by atoms with van der Waals surface area (Å²) in [5, 5.41) is 35.1. The van der Waals surface area contributed by atoms with Gasteiger partial charge in [-0.15, -0.1) is 0 Å². The van der Waals surface area contributed by atoms with Crippen molar-refractivity contribution in [3.05, 3.63) is 70.7 Å². The molecule has 0 fully saturated rings. The third kappa shape index (κ3) is 6.64. The van der Waals surface area contributed by atoms with Crippen molar-refractivity contribution in [2.45, 2.75) is 24.8 Å². The van der Waals surface area contributed by atoms with Crippen LogP contribution in [0.25, 0.3) is 0 Å². The van der Waals surface area contributed by atoms with Crippen LogP contribution < -0.4 is 45.4 Å². The van der Waals surface area contributed by atoms with Crippen LogP contribution >= 0.6 is 11.6 Å². The van der Waals surface area contributed by atoms with Gasteiger partial charge in [0, 0.05) is 5.69 Å². The Morgan fingerprint density at radius 2 is 1.79 bits per heavy atom. The summed E-state index contributed by atoms with van der Waals surface area (Å²) in [4.78, 5) is 16.4. The summed E-state index contributed by atoms with van der Waals surface area (Å²) in [5.74, 6) is -1.60. The molecular weight excluding hydrogens is 559 g/mol. The molecule has 15 heteroatoms. The number of aryl methyl sites for hydroxylation is 1. The average Bonchev–Trinajstić information content (AvgIpc) is 3.14. The number of nitrogens with zero attached hydrogens (tertiary/aromatic N) is 5. The number of aliphatic imine (C=N–C) groups is 1. The zero-order valence-corrected chi connectivity index (χ0v) is 24.5. The van der Waals surface area contributed by atoms with Gasteiger partial charge in [0.25, 0.3) is 16.0 Å². The van der Waals surface area contributed by atoms with E-state index in [0.717, 1.165) is 22.7 Å². The molecule has 0 saturated carbocycles. The second kappa shape index (κ2) is 11.8. The van der Waals surface area contributed by atoms with Crippen LogP contribution in [-0.2, 0) is 14.9 Å². The first-order valence-electron chi connectivity index (χ1n) is 10.9. The Labute approximate surface area is 250 Å². The van der Waals surface area contributed by atoms with Gasteiger partial charge in [0.05, 0.1) is 27.0 Å². The molecule has 4 rings (SSSR count). The van der Waals surface area contributed by atoms with Crippen molar-refractivity contribution in [2.24, 2.45) is 20.3 Å². The maximum absolute atomic E-state index is 13.0. The molecule has 0 aromatic heterocycles. The Hall–Kier alpha value is -3.33. The number of rotatable bonds is 6. The molecule has 1 unspecified atom stereocenters. The van der Waals surface area contributed by atoms with Crippen molar-refractivity contribution >= 4 is 62.0 Å². The Bertz CT molecular complexity index is 1640. The minimum atomic E-state index is -4.63. The zero-order valence-electron chi connectivity index (χ0n) is 20.9. The Morgan fingerprint density at radius 3 is 2.41 bits per heavy atom. The van der Waals surface area contributed by atoms with Gasteiger partial charge >= 0.3 is 29.6 Å². The average molecular weight is 579 g/mol. The summed E-state index contributed by atoms with van der Waals surface area (Å²) < 4.78 is 32.1. The van der Waals surface area contributed by atoms with Crippen molar-refractivity contribution < 1.29 is 57.5 Å². The first-order chi connectivity index (χ1) is 17.8. The molecule has 39 heavy (non-hydrogen) atoms. The Morgan fingerprint density at radius 1 is 1.13 bits per heavy atom. The molecule has 1 aliphatic rings. The minimum Gasteiger partial charge on any atom is -0.858 e. The molecule has 3 aromatic carbocycles. The van der Waals surface area contributed by atoms with Crippen LogP contribution in [0.2, 0.25) is 5.02 Å². The van der Waals surface area contributed by atoms with E-state index in [9.17, 15) is 28.0 Å². The normalized spacial score (nSPS) is 15.9. The van der Waals surface area contributed by atoms with Crippen LogP contribution in [-0.4, -0.2) is 41.6 Å². The van der Waals surface area contributed by atoms with Gasteiger partial charge < -0.3 is 15.9 Å². The number of carbonyl (C=O) groups excluding carboxylic acids is 1. The van der Waals surface area contributed by atoms with Gasteiger partial charge in [-0.25, -0.2) is 0 Å². The predicted octanol–water partition coefficient (Wildman–Crippen LogP) is 0.501. The van der Waals surface area contributed by atoms with Crippen LogP contribution in [0.3, 0.4) is 0 Å². The smallest absolute Gasteiger partial charge is 0.858 e. The van der Waals surface area contributed by atoms with Crippen LogP contribution in [0.15, 0.2) is 79.8 Å². The summed E-state index contributed by atoms with van der Waals surface area (Å²) in [6.45, 7) is 3.33. The molecule has 1 heterocycles. The van der Waals surface area contributed by atoms with E-state index in [-0.39, 0.29) is 46.0 Å². The van der Waals surface area contributed by atoms with E-state index in [1.807, 2.05) is 0 Å². The van der Waals surface area contributed by atoms with E-state index in [2.05, 4.69) is 20.3 Å². The molecule has 0 radical (unpaired) electrons. The summed E-state index contributed by atoms with van der Waals surface area (Å²) >= 11 is 5.81. The van der Waals surface area contributed by atoms with Crippen LogP contribution in [0.5, 0.6) is 5.75 Å². The van der Waals surface area contributed by atoms with E-state index in [4.69, 9.17) is 17.3 Å². The maximum Gasteiger partial charge on any atom is 1.00 e. The fourth-order valence-electron chi connectivity index (χ4n) is 3.44. The van der Waals surface area contributed by atoms with E-state index < -0.39 is 38.6 Å². The molecule has 1 atom stereocenters.